The topological polar surface area (TPSA) is 92.5 Å². The summed E-state index contributed by atoms with van der Waals surface area (Å²) in [7, 11) is 0. The molecule has 0 aromatic rings. The fraction of sp³-hybridized carbons (Fsp3) is 0.714. The zero-order valence-electron chi connectivity index (χ0n) is 12.4. The van der Waals surface area contributed by atoms with E-state index in [1.54, 1.807) is 13.8 Å². The molecule has 0 aromatic heterocycles. The highest BCUT2D eigenvalue weighted by Crippen LogP contribution is 2.40. The molecule has 0 aromatic carbocycles. The summed E-state index contributed by atoms with van der Waals surface area (Å²) in [6.07, 6.45) is 3.96. The Bertz CT molecular complexity index is 510. The lowest BCUT2D eigenvalue weighted by atomic mass is 9.72. The minimum absolute atomic E-state index is 0.137. The standard InChI is InChI=1S/C14H21N3O3S/c1-13(2)11(19)16-9(18)8-17(13)12(20)14(10(15)21)6-4-3-5-7-14/h3-8H2,1-2H3,(H2,15,21)(H,16,18,19). The van der Waals surface area contributed by atoms with Gasteiger partial charge in [0.1, 0.15) is 12.1 Å². The van der Waals surface area contributed by atoms with Crippen molar-refractivity contribution in [1.29, 1.82) is 0 Å². The van der Waals surface area contributed by atoms with E-state index < -0.39 is 22.8 Å². The molecule has 3 amide bonds. The van der Waals surface area contributed by atoms with E-state index in [9.17, 15) is 14.4 Å². The lowest BCUT2D eigenvalue weighted by molar-refractivity contribution is -0.160. The molecule has 116 valence electrons. The van der Waals surface area contributed by atoms with E-state index in [-0.39, 0.29) is 17.4 Å². The Hall–Kier alpha value is -1.50. The van der Waals surface area contributed by atoms with Crippen LogP contribution in [0.4, 0.5) is 0 Å². The van der Waals surface area contributed by atoms with Crippen molar-refractivity contribution in [2.45, 2.75) is 51.5 Å². The molecule has 0 atom stereocenters. The highest BCUT2D eigenvalue weighted by molar-refractivity contribution is 7.80. The van der Waals surface area contributed by atoms with Crippen LogP contribution in [0.3, 0.4) is 0 Å². The number of thiocarbonyl (C=S) groups is 1. The largest absolute Gasteiger partial charge is 0.392 e. The van der Waals surface area contributed by atoms with Gasteiger partial charge in [0.25, 0.3) is 5.91 Å². The Balaban J connectivity index is 2.37. The molecule has 3 N–H and O–H groups in total. The molecule has 0 radical (unpaired) electrons. The maximum absolute atomic E-state index is 13.0. The van der Waals surface area contributed by atoms with Crippen LogP contribution in [-0.2, 0) is 14.4 Å². The monoisotopic (exact) mass is 311 g/mol. The van der Waals surface area contributed by atoms with Crippen LogP contribution >= 0.6 is 12.2 Å². The van der Waals surface area contributed by atoms with E-state index in [0.29, 0.717) is 12.8 Å². The zero-order valence-corrected chi connectivity index (χ0v) is 13.2. The fourth-order valence-corrected chi connectivity index (χ4v) is 3.38. The average Bonchev–Trinajstić information content (AvgIpc) is 2.43. The summed E-state index contributed by atoms with van der Waals surface area (Å²) in [5.74, 6) is -1.23. The van der Waals surface area contributed by atoms with E-state index in [4.69, 9.17) is 18.0 Å². The lowest BCUT2D eigenvalue weighted by Crippen LogP contribution is -2.68. The number of carbonyl (C=O) groups excluding carboxylic acids is 3. The Morgan fingerprint density at radius 1 is 1.24 bits per heavy atom. The number of hydrogen-bond acceptors (Lipinski definition) is 4. The molecular weight excluding hydrogens is 290 g/mol. The van der Waals surface area contributed by atoms with E-state index in [0.717, 1.165) is 19.3 Å². The summed E-state index contributed by atoms with van der Waals surface area (Å²) in [6, 6.07) is 0. The van der Waals surface area contributed by atoms with Crippen molar-refractivity contribution in [3.63, 3.8) is 0 Å². The summed E-state index contributed by atoms with van der Waals surface area (Å²) >= 11 is 5.15. The molecule has 1 saturated heterocycles. The van der Waals surface area contributed by atoms with Crippen molar-refractivity contribution < 1.29 is 14.4 Å². The number of hydrogen-bond donors (Lipinski definition) is 2. The molecule has 2 rings (SSSR count). The van der Waals surface area contributed by atoms with Gasteiger partial charge >= 0.3 is 0 Å². The third kappa shape index (κ3) is 2.54. The highest BCUT2D eigenvalue weighted by Gasteiger charge is 2.51. The molecular formula is C14H21N3O3S. The van der Waals surface area contributed by atoms with Crippen LogP contribution in [0.1, 0.15) is 46.0 Å². The molecule has 1 aliphatic carbocycles. The normalized spacial score (nSPS) is 24.4. The molecule has 2 fully saturated rings. The molecule has 2 aliphatic rings. The van der Waals surface area contributed by atoms with Crippen molar-refractivity contribution in [3.8, 4) is 0 Å². The summed E-state index contributed by atoms with van der Waals surface area (Å²) in [4.78, 5) is 38.2. The van der Waals surface area contributed by atoms with E-state index in [2.05, 4.69) is 5.32 Å². The molecule has 1 aliphatic heterocycles. The second-order valence-electron chi connectivity index (χ2n) is 6.33. The van der Waals surface area contributed by atoms with E-state index in [1.165, 1.54) is 4.90 Å². The van der Waals surface area contributed by atoms with Crippen LogP contribution in [0.25, 0.3) is 0 Å². The second-order valence-corrected chi connectivity index (χ2v) is 6.77. The maximum atomic E-state index is 13.0. The molecule has 0 bridgehead atoms. The predicted molar refractivity (Wildman–Crippen MR) is 81.2 cm³/mol. The van der Waals surface area contributed by atoms with E-state index in [1.807, 2.05) is 0 Å². The molecule has 0 unspecified atom stereocenters. The summed E-state index contributed by atoms with van der Waals surface area (Å²) in [6.45, 7) is 3.12. The number of rotatable bonds is 2. The molecule has 1 saturated carbocycles. The van der Waals surface area contributed by atoms with Gasteiger partial charge in [-0.05, 0) is 26.7 Å². The van der Waals surface area contributed by atoms with Gasteiger partial charge in [-0.1, -0.05) is 31.5 Å². The van der Waals surface area contributed by atoms with Crippen molar-refractivity contribution in [1.82, 2.24) is 10.2 Å². The predicted octanol–water partition coefficient (Wildman–Crippen LogP) is 0.487. The first-order valence-electron chi connectivity index (χ1n) is 7.18. The van der Waals surface area contributed by atoms with Gasteiger partial charge in [0.2, 0.25) is 11.8 Å². The first kappa shape index (κ1) is 15.9. The van der Waals surface area contributed by atoms with Crippen molar-refractivity contribution >= 4 is 34.9 Å². The van der Waals surface area contributed by atoms with Crippen LogP contribution in [-0.4, -0.2) is 39.7 Å². The number of imide groups is 1. The van der Waals surface area contributed by atoms with Gasteiger partial charge in [-0.15, -0.1) is 0 Å². The highest BCUT2D eigenvalue weighted by atomic mass is 32.1. The molecule has 7 heteroatoms. The van der Waals surface area contributed by atoms with Crippen LogP contribution in [0.2, 0.25) is 0 Å². The first-order chi connectivity index (χ1) is 9.71. The Kier molecular flexibility index (Phi) is 4.06. The number of nitrogens with one attached hydrogen (secondary N) is 1. The number of carbonyl (C=O) groups is 3. The SMILES string of the molecule is CC1(C)C(=O)NC(=O)CN1C(=O)C1(C(N)=S)CCCCC1. The minimum atomic E-state index is -1.08. The molecule has 1 heterocycles. The Labute approximate surface area is 129 Å². The number of piperazine rings is 1. The number of amides is 3. The van der Waals surface area contributed by atoms with Gasteiger partial charge in [-0.25, -0.2) is 0 Å². The third-order valence-corrected chi connectivity index (χ3v) is 5.01. The quantitative estimate of drug-likeness (QED) is 0.572. The van der Waals surface area contributed by atoms with Crippen LogP contribution in [0.5, 0.6) is 0 Å². The van der Waals surface area contributed by atoms with E-state index >= 15 is 0 Å². The third-order valence-electron chi connectivity index (χ3n) is 4.62. The number of nitrogens with zero attached hydrogens (tertiary/aromatic N) is 1. The smallest absolute Gasteiger partial charge is 0.252 e. The van der Waals surface area contributed by atoms with Gasteiger partial charge in [-0.2, -0.15) is 0 Å². The van der Waals surface area contributed by atoms with Crippen molar-refractivity contribution in [2.24, 2.45) is 11.1 Å². The van der Waals surface area contributed by atoms with Crippen LogP contribution < -0.4 is 11.1 Å². The fourth-order valence-electron chi connectivity index (χ4n) is 3.09. The van der Waals surface area contributed by atoms with Gasteiger partial charge in [0.05, 0.1) is 10.4 Å². The van der Waals surface area contributed by atoms with Crippen LogP contribution in [0.15, 0.2) is 0 Å². The van der Waals surface area contributed by atoms with Gasteiger partial charge in [-0.3, -0.25) is 19.7 Å². The van der Waals surface area contributed by atoms with Gasteiger partial charge < -0.3 is 10.6 Å². The number of nitrogens with two attached hydrogens (primary N) is 1. The summed E-state index contributed by atoms with van der Waals surface area (Å²) in [5.41, 5.74) is 3.87. The Morgan fingerprint density at radius 2 is 1.81 bits per heavy atom. The first-order valence-corrected chi connectivity index (χ1v) is 7.59. The zero-order chi connectivity index (χ0) is 15.8. The Morgan fingerprint density at radius 3 is 2.33 bits per heavy atom. The van der Waals surface area contributed by atoms with Gasteiger partial charge in [0, 0.05) is 0 Å². The molecule has 21 heavy (non-hydrogen) atoms. The summed E-state index contributed by atoms with van der Waals surface area (Å²) in [5, 5.41) is 2.26. The van der Waals surface area contributed by atoms with Crippen LogP contribution in [0, 0.1) is 5.41 Å². The molecule has 6 nitrogen and oxygen atoms in total. The second kappa shape index (κ2) is 5.36. The van der Waals surface area contributed by atoms with Crippen molar-refractivity contribution in [2.75, 3.05) is 6.54 Å². The summed E-state index contributed by atoms with van der Waals surface area (Å²) < 4.78 is 0. The lowest BCUT2D eigenvalue weighted by Gasteiger charge is -2.46. The van der Waals surface area contributed by atoms with Crippen molar-refractivity contribution in [3.05, 3.63) is 0 Å². The van der Waals surface area contributed by atoms with Gasteiger partial charge in [0.15, 0.2) is 0 Å². The average molecular weight is 311 g/mol. The minimum Gasteiger partial charge on any atom is -0.392 e. The maximum Gasteiger partial charge on any atom is 0.252 e. The molecule has 0 spiro atoms.